The number of ether oxygens (including phenoxy) is 1. The summed E-state index contributed by atoms with van der Waals surface area (Å²) in [6.07, 6.45) is 3.72. The number of carbonyl (C=O) groups excluding carboxylic acids is 1. The molecule has 3 aromatic rings. The van der Waals surface area contributed by atoms with Gasteiger partial charge >= 0.3 is 0 Å². The van der Waals surface area contributed by atoms with Crippen LogP contribution in [0.5, 0.6) is 5.75 Å². The number of piperidine rings is 1. The number of sulfonamides is 1. The van der Waals surface area contributed by atoms with Gasteiger partial charge < -0.3 is 10.1 Å². The molecule has 0 unspecified atom stereocenters. The minimum atomic E-state index is -3.52. The van der Waals surface area contributed by atoms with Gasteiger partial charge in [0, 0.05) is 26.1 Å². The lowest BCUT2D eigenvalue weighted by Gasteiger charge is -2.25. The zero-order chi connectivity index (χ0) is 23.3. The van der Waals surface area contributed by atoms with E-state index in [0.29, 0.717) is 56.0 Å². The predicted octanol–water partition coefficient (Wildman–Crippen LogP) is 3.42. The maximum atomic E-state index is 12.9. The Morgan fingerprint density at radius 3 is 2.70 bits per heavy atom. The number of hydrogen-bond donors (Lipinski definition) is 1. The summed E-state index contributed by atoms with van der Waals surface area (Å²) in [4.78, 5) is 12.6. The van der Waals surface area contributed by atoms with Crippen molar-refractivity contribution in [2.75, 3.05) is 25.0 Å². The van der Waals surface area contributed by atoms with Crippen LogP contribution < -0.4 is 10.1 Å². The third-order valence-electron chi connectivity index (χ3n) is 5.67. The Labute approximate surface area is 193 Å². The van der Waals surface area contributed by atoms with E-state index in [0.717, 1.165) is 24.8 Å². The number of carbonyl (C=O) groups is 1. The van der Waals surface area contributed by atoms with Crippen LogP contribution in [0.1, 0.15) is 39.0 Å². The standard InChI is InChI=1S/C23H29N5O4S/c1-2-32-22-10-5-4-9-19(22)24-23(29)11-8-16-28-21-13-12-18(17-20(21)25-26-28)33(30,31)27-14-6-3-7-15-27/h4-5,9-10,12-13,17H,2-3,6-8,11,14-16H2,1H3,(H,24,29). The van der Waals surface area contributed by atoms with E-state index in [1.165, 1.54) is 0 Å². The molecule has 0 spiro atoms. The highest BCUT2D eigenvalue weighted by atomic mass is 32.2. The zero-order valence-electron chi connectivity index (χ0n) is 18.7. The molecule has 4 rings (SSSR count). The quantitative estimate of drug-likeness (QED) is 0.513. The second kappa shape index (κ2) is 10.3. The molecule has 1 fully saturated rings. The lowest BCUT2D eigenvalue weighted by Crippen LogP contribution is -2.35. The van der Waals surface area contributed by atoms with Crippen LogP contribution >= 0.6 is 0 Å². The fraction of sp³-hybridized carbons (Fsp3) is 0.435. The van der Waals surface area contributed by atoms with Crippen molar-refractivity contribution < 1.29 is 17.9 Å². The smallest absolute Gasteiger partial charge is 0.243 e. The van der Waals surface area contributed by atoms with Gasteiger partial charge in [0.05, 0.1) is 22.7 Å². The van der Waals surface area contributed by atoms with E-state index in [9.17, 15) is 13.2 Å². The summed E-state index contributed by atoms with van der Waals surface area (Å²) >= 11 is 0. The van der Waals surface area contributed by atoms with E-state index in [-0.39, 0.29) is 10.8 Å². The second-order valence-electron chi connectivity index (χ2n) is 8.01. The summed E-state index contributed by atoms with van der Waals surface area (Å²) in [6, 6.07) is 12.3. The van der Waals surface area contributed by atoms with Gasteiger partial charge in [0.1, 0.15) is 11.3 Å². The number of aryl methyl sites for hydroxylation is 1. The molecule has 10 heteroatoms. The van der Waals surface area contributed by atoms with Crippen molar-refractivity contribution in [3.05, 3.63) is 42.5 Å². The molecule has 0 radical (unpaired) electrons. The monoisotopic (exact) mass is 471 g/mol. The number of nitrogens with one attached hydrogen (secondary N) is 1. The second-order valence-corrected chi connectivity index (χ2v) is 9.95. The first-order chi connectivity index (χ1) is 16.0. The molecule has 33 heavy (non-hydrogen) atoms. The van der Waals surface area contributed by atoms with Crippen LogP contribution in [0.2, 0.25) is 0 Å². The van der Waals surface area contributed by atoms with Gasteiger partial charge in [-0.2, -0.15) is 4.31 Å². The Morgan fingerprint density at radius 1 is 1.12 bits per heavy atom. The third kappa shape index (κ3) is 5.33. The summed E-state index contributed by atoms with van der Waals surface area (Å²) < 4.78 is 34.6. The first-order valence-electron chi connectivity index (χ1n) is 11.3. The normalized spacial score (nSPS) is 14.9. The van der Waals surface area contributed by atoms with Gasteiger partial charge in [0.15, 0.2) is 0 Å². The van der Waals surface area contributed by atoms with Crippen molar-refractivity contribution in [1.29, 1.82) is 0 Å². The van der Waals surface area contributed by atoms with Crippen molar-refractivity contribution in [2.24, 2.45) is 0 Å². The molecule has 1 amide bonds. The van der Waals surface area contributed by atoms with Gasteiger partial charge in [-0.25, -0.2) is 13.1 Å². The Morgan fingerprint density at radius 2 is 1.91 bits per heavy atom. The van der Waals surface area contributed by atoms with E-state index in [4.69, 9.17) is 4.74 Å². The minimum absolute atomic E-state index is 0.110. The topological polar surface area (TPSA) is 106 Å². The molecule has 1 aliphatic heterocycles. The number of benzene rings is 2. The molecule has 1 N–H and O–H groups in total. The van der Waals surface area contributed by atoms with Crippen LogP contribution in [0.4, 0.5) is 5.69 Å². The van der Waals surface area contributed by atoms with Gasteiger partial charge in [-0.15, -0.1) is 5.10 Å². The molecule has 1 aliphatic rings. The molecule has 176 valence electrons. The van der Waals surface area contributed by atoms with Crippen molar-refractivity contribution in [2.45, 2.75) is 50.5 Å². The summed E-state index contributed by atoms with van der Waals surface area (Å²) in [6.45, 7) is 4.03. The van der Waals surface area contributed by atoms with E-state index in [1.54, 1.807) is 27.2 Å². The first kappa shape index (κ1) is 23.2. The summed E-state index contributed by atoms with van der Waals surface area (Å²) in [7, 11) is -3.52. The van der Waals surface area contributed by atoms with Crippen molar-refractivity contribution in [1.82, 2.24) is 19.3 Å². The van der Waals surface area contributed by atoms with Crippen LogP contribution in [0.25, 0.3) is 11.0 Å². The highest BCUT2D eigenvalue weighted by Gasteiger charge is 2.26. The molecule has 0 aliphatic carbocycles. The number of nitrogens with zero attached hydrogens (tertiary/aromatic N) is 4. The van der Waals surface area contributed by atoms with Gasteiger partial charge in [-0.1, -0.05) is 23.8 Å². The molecule has 2 aromatic carbocycles. The van der Waals surface area contributed by atoms with Crippen molar-refractivity contribution in [3.63, 3.8) is 0 Å². The van der Waals surface area contributed by atoms with Crippen molar-refractivity contribution in [3.8, 4) is 5.75 Å². The fourth-order valence-electron chi connectivity index (χ4n) is 3.99. The van der Waals surface area contributed by atoms with E-state index in [1.807, 2.05) is 31.2 Å². The number of para-hydroxylation sites is 2. The Kier molecular flexibility index (Phi) is 7.24. The van der Waals surface area contributed by atoms with Crippen LogP contribution in [0, 0.1) is 0 Å². The predicted molar refractivity (Wildman–Crippen MR) is 126 cm³/mol. The van der Waals surface area contributed by atoms with Gasteiger partial charge in [-0.05, 0) is 56.5 Å². The van der Waals surface area contributed by atoms with Crippen LogP contribution in [0.3, 0.4) is 0 Å². The maximum Gasteiger partial charge on any atom is 0.243 e. The molecule has 0 atom stereocenters. The number of aromatic nitrogens is 3. The Hall–Kier alpha value is -2.98. The zero-order valence-corrected chi connectivity index (χ0v) is 19.6. The molecule has 0 saturated carbocycles. The lowest BCUT2D eigenvalue weighted by atomic mass is 10.2. The number of anilines is 1. The lowest BCUT2D eigenvalue weighted by molar-refractivity contribution is -0.116. The van der Waals surface area contributed by atoms with Gasteiger partial charge in [-0.3, -0.25) is 4.79 Å². The number of fused-ring (bicyclic) bond motifs is 1. The SMILES string of the molecule is CCOc1ccccc1NC(=O)CCCn1nnc2cc(S(=O)(=O)N3CCCCC3)ccc21. The van der Waals surface area contributed by atoms with Crippen LogP contribution in [0.15, 0.2) is 47.4 Å². The average Bonchev–Trinajstić information content (AvgIpc) is 3.23. The number of amides is 1. The highest BCUT2D eigenvalue weighted by molar-refractivity contribution is 7.89. The largest absolute Gasteiger partial charge is 0.492 e. The minimum Gasteiger partial charge on any atom is -0.492 e. The molecule has 1 saturated heterocycles. The van der Waals surface area contributed by atoms with Crippen LogP contribution in [-0.2, 0) is 21.4 Å². The molecular formula is C23H29N5O4S. The van der Waals surface area contributed by atoms with Crippen molar-refractivity contribution >= 4 is 32.7 Å². The van der Waals surface area contributed by atoms with E-state index < -0.39 is 10.0 Å². The Bertz CT molecular complexity index is 1220. The molecule has 0 bridgehead atoms. The van der Waals surface area contributed by atoms with Gasteiger partial charge in [0.2, 0.25) is 15.9 Å². The van der Waals surface area contributed by atoms with E-state index in [2.05, 4.69) is 15.6 Å². The highest BCUT2D eigenvalue weighted by Crippen LogP contribution is 2.25. The maximum absolute atomic E-state index is 12.9. The van der Waals surface area contributed by atoms with Crippen LogP contribution in [-0.4, -0.2) is 53.3 Å². The summed E-state index contributed by atoms with van der Waals surface area (Å²) in [5.74, 6) is 0.535. The summed E-state index contributed by atoms with van der Waals surface area (Å²) in [5.41, 5.74) is 1.93. The number of hydrogen-bond acceptors (Lipinski definition) is 6. The Balaban J connectivity index is 1.37. The van der Waals surface area contributed by atoms with E-state index >= 15 is 0 Å². The first-order valence-corrected chi connectivity index (χ1v) is 12.8. The molecule has 2 heterocycles. The molecule has 9 nitrogen and oxygen atoms in total. The number of rotatable bonds is 9. The fourth-order valence-corrected chi connectivity index (χ4v) is 5.52. The molecular weight excluding hydrogens is 442 g/mol. The summed E-state index contributed by atoms with van der Waals surface area (Å²) in [5, 5.41) is 11.2. The van der Waals surface area contributed by atoms with Gasteiger partial charge in [0.25, 0.3) is 0 Å². The third-order valence-corrected chi connectivity index (χ3v) is 7.57. The molecule has 1 aromatic heterocycles. The average molecular weight is 472 g/mol.